The van der Waals surface area contributed by atoms with Crippen LogP contribution in [0.25, 0.3) is 0 Å². The second-order valence-electron chi connectivity index (χ2n) is 4.05. The highest BCUT2D eigenvalue weighted by atomic mass is 32.2. The van der Waals surface area contributed by atoms with Gasteiger partial charge >= 0.3 is 0 Å². The molecule has 0 aliphatic heterocycles. The van der Waals surface area contributed by atoms with Crippen LogP contribution in [0.4, 0.5) is 0 Å². The van der Waals surface area contributed by atoms with Gasteiger partial charge in [0.15, 0.2) is 5.03 Å². The monoisotopic (exact) mass is 285 g/mol. The molecule has 0 aliphatic carbocycles. The normalized spacial score (nSPS) is 13.6. The highest BCUT2D eigenvalue weighted by Crippen LogP contribution is 2.17. The van der Waals surface area contributed by atoms with Gasteiger partial charge in [-0.2, -0.15) is 14.9 Å². The second-order valence-corrected chi connectivity index (χ2v) is 5.68. The van der Waals surface area contributed by atoms with Crippen LogP contribution in [0.2, 0.25) is 0 Å². The zero-order valence-corrected chi connectivity index (χ0v) is 11.3. The van der Waals surface area contributed by atoms with E-state index in [-0.39, 0.29) is 11.6 Å². The van der Waals surface area contributed by atoms with Crippen LogP contribution in [0.1, 0.15) is 30.0 Å². The average Bonchev–Trinajstić information content (AvgIpc) is 2.96. The van der Waals surface area contributed by atoms with Gasteiger partial charge < -0.3 is 5.73 Å². The molecule has 19 heavy (non-hydrogen) atoms. The van der Waals surface area contributed by atoms with Crippen molar-refractivity contribution in [1.82, 2.24) is 30.1 Å². The van der Waals surface area contributed by atoms with Gasteiger partial charge in [-0.3, -0.25) is 10.2 Å². The fourth-order valence-corrected chi connectivity index (χ4v) is 3.08. The van der Waals surface area contributed by atoms with Crippen molar-refractivity contribution in [2.24, 2.45) is 5.73 Å². The molecule has 1 atom stereocenters. The van der Waals surface area contributed by atoms with Gasteiger partial charge in [-0.25, -0.2) is 13.4 Å². The van der Waals surface area contributed by atoms with Gasteiger partial charge in [0.05, 0.1) is 6.04 Å². The first-order valence-electron chi connectivity index (χ1n) is 5.57. The first-order valence-corrected chi connectivity index (χ1v) is 7.05. The summed E-state index contributed by atoms with van der Waals surface area (Å²) >= 11 is 0. The van der Waals surface area contributed by atoms with Crippen LogP contribution >= 0.6 is 0 Å². The van der Waals surface area contributed by atoms with Crippen molar-refractivity contribution in [3.63, 3.8) is 0 Å². The molecule has 5 N–H and O–H groups in total. The predicted octanol–water partition coefficient (Wildman–Crippen LogP) is -0.666. The molecule has 0 bridgehead atoms. The van der Waals surface area contributed by atoms with Gasteiger partial charge in [-0.15, -0.1) is 0 Å². The number of rotatable bonds is 5. The van der Waals surface area contributed by atoms with Crippen LogP contribution in [0.3, 0.4) is 0 Å². The van der Waals surface area contributed by atoms with E-state index in [0.29, 0.717) is 17.1 Å². The average molecular weight is 285 g/mol. The summed E-state index contributed by atoms with van der Waals surface area (Å²) in [5.74, 6) is 0.421. The van der Waals surface area contributed by atoms with Crippen LogP contribution in [-0.2, 0) is 16.6 Å². The van der Waals surface area contributed by atoms with Crippen LogP contribution in [0, 0.1) is 6.92 Å². The Kier molecular flexibility index (Phi) is 3.64. The molecule has 1 unspecified atom stereocenters. The van der Waals surface area contributed by atoms with Crippen molar-refractivity contribution in [1.29, 1.82) is 0 Å². The summed E-state index contributed by atoms with van der Waals surface area (Å²) in [6.07, 6.45) is 1.31. The molecule has 2 aromatic rings. The lowest BCUT2D eigenvalue weighted by Crippen LogP contribution is -2.29. The number of aromatic nitrogens is 5. The summed E-state index contributed by atoms with van der Waals surface area (Å²) in [5.41, 5.74) is 6.64. The molecule has 10 heteroatoms. The molecule has 0 spiro atoms. The number of hydrogen-bond acceptors (Lipinski definition) is 6. The minimum Gasteiger partial charge on any atom is -0.326 e. The van der Waals surface area contributed by atoms with Crippen LogP contribution < -0.4 is 10.5 Å². The molecule has 0 saturated heterocycles. The van der Waals surface area contributed by atoms with E-state index in [9.17, 15) is 8.42 Å². The van der Waals surface area contributed by atoms with Gasteiger partial charge in [-0.05, 0) is 13.8 Å². The minimum atomic E-state index is -3.77. The van der Waals surface area contributed by atoms with Crippen LogP contribution in [-0.4, -0.2) is 33.8 Å². The Morgan fingerprint density at radius 3 is 2.79 bits per heavy atom. The molecule has 2 heterocycles. The molecule has 0 fully saturated rings. The second kappa shape index (κ2) is 5.07. The topological polar surface area (TPSA) is 142 Å². The molecule has 0 aliphatic rings. The lowest BCUT2D eigenvalue weighted by atomic mass is 10.3. The predicted molar refractivity (Wildman–Crippen MR) is 66.3 cm³/mol. The van der Waals surface area contributed by atoms with Gasteiger partial charge in [-0.1, -0.05) is 0 Å². The Bertz CT molecular complexity index is 646. The largest absolute Gasteiger partial charge is 0.326 e. The first-order chi connectivity index (χ1) is 8.95. The molecule has 2 aromatic heterocycles. The van der Waals surface area contributed by atoms with Gasteiger partial charge in [0, 0.05) is 17.8 Å². The van der Waals surface area contributed by atoms with E-state index in [1.807, 2.05) is 0 Å². The van der Waals surface area contributed by atoms with Crippen molar-refractivity contribution in [2.75, 3.05) is 0 Å². The number of nitrogens with one attached hydrogen (secondary N) is 3. The number of aromatic amines is 2. The summed E-state index contributed by atoms with van der Waals surface area (Å²) in [6, 6.07) is -0.546. The molecular formula is C9H15N7O2S. The summed E-state index contributed by atoms with van der Waals surface area (Å²) in [6.45, 7) is 3.46. The van der Waals surface area contributed by atoms with E-state index in [1.54, 1.807) is 13.8 Å². The smallest absolute Gasteiger partial charge is 0.260 e. The molecule has 0 aromatic carbocycles. The first kappa shape index (κ1) is 13.6. The van der Waals surface area contributed by atoms with E-state index in [4.69, 9.17) is 5.73 Å². The van der Waals surface area contributed by atoms with Gasteiger partial charge in [0.1, 0.15) is 12.2 Å². The Balaban J connectivity index is 2.28. The van der Waals surface area contributed by atoms with E-state index >= 15 is 0 Å². The molecule has 9 nitrogen and oxygen atoms in total. The molecule has 0 radical (unpaired) electrons. The summed E-state index contributed by atoms with van der Waals surface area (Å²) in [5, 5.41) is 12.6. The molecular weight excluding hydrogens is 270 g/mol. The SMILES string of the molecule is Cc1[nH]nc(S(=O)(=O)NC(C)c2ncn[nH]2)c1CN. The summed E-state index contributed by atoms with van der Waals surface area (Å²) < 4.78 is 26.9. The molecule has 0 amide bonds. The third-order valence-electron chi connectivity index (χ3n) is 2.67. The van der Waals surface area contributed by atoms with Crippen LogP contribution in [0.5, 0.6) is 0 Å². The maximum absolute atomic E-state index is 12.2. The van der Waals surface area contributed by atoms with Crippen LogP contribution in [0.15, 0.2) is 11.4 Å². The maximum atomic E-state index is 12.2. The summed E-state index contributed by atoms with van der Waals surface area (Å²) in [7, 11) is -3.77. The third kappa shape index (κ3) is 2.64. The van der Waals surface area contributed by atoms with Crippen molar-refractivity contribution in [2.45, 2.75) is 31.5 Å². The molecule has 2 rings (SSSR count). The number of hydrogen-bond donors (Lipinski definition) is 4. The van der Waals surface area contributed by atoms with E-state index in [1.165, 1.54) is 6.33 Å². The van der Waals surface area contributed by atoms with Crippen molar-refractivity contribution >= 4 is 10.0 Å². The number of nitrogens with two attached hydrogens (primary N) is 1. The number of H-pyrrole nitrogens is 2. The molecule has 0 saturated carbocycles. The van der Waals surface area contributed by atoms with Gasteiger partial charge in [0.2, 0.25) is 0 Å². The highest BCUT2D eigenvalue weighted by molar-refractivity contribution is 7.89. The number of nitrogens with zero attached hydrogens (tertiary/aromatic N) is 3. The Hall–Kier alpha value is -1.78. The van der Waals surface area contributed by atoms with E-state index in [0.717, 1.165) is 0 Å². The van der Waals surface area contributed by atoms with Crippen molar-refractivity contribution in [3.05, 3.63) is 23.4 Å². The molecule has 104 valence electrons. The zero-order valence-electron chi connectivity index (χ0n) is 10.5. The summed E-state index contributed by atoms with van der Waals surface area (Å²) in [4.78, 5) is 3.90. The fourth-order valence-electron chi connectivity index (χ4n) is 1.66. The quantitative estimate of drug-likeness (QED) is 0.574. The van der Waals surface area contributed by atoms with Crippen molar-refractivity contribution in [3.8, 4) is 0 Å². The fraction of sp³-hybridized carbons (Fsp3) is 0.444. The number of aryl methyl sites for hydroxylation is 1. The zero-order chi connectivity index (χ0) is 14.0. The standard InChI is InChI=1S/C9H15N7O2S/c1-5-7(3-10)9(15-13-5)19(17,18)16-6(2)8-11-4-12-14-8/h4,6,16H,3,10H2,1-2H3,(H,13,15)(H,11,12,14). The Morgan fingerprint density at radius 1 is 1.47 bits per heavy atom. The maximum Gasteiger partial charge on any atom is 0.260 e. The lowest BCUT2D eigenvalue weighted by molar-refractivity contribution is 0.555. The van der Waals surface area contributed by atoms with E-state index < -0.39 is 16.1 Å². The number of sulfonamides is 1. The minimum absolute atomic E-state index is 0.0844. The van der Waals surface area contributed by atoms with Crippen molar-refractivity contribution < 1.29 is 8.42 Å². The lowest BCUT2D eigenvalue weighted by Gasteiger charge is -2.11. The highest BCUT2D eigenvalue weighted by Gasteiger charge is 2.26. The Labute approximate surface area is 110 Å². The third-order valence-corrected chi connectivity index (χ3v) is 4.18. The van der Waals surface area contributed by atoms with E-state index in [2.05, 4.69) is 30.1 Å². The Morgan fingerprint density at radius 2 is 2.21 bits per heavy atom. The van der Waals surface area contributed by atoms with Gasteiger partial charge in [0.25, 0.3) is 10.0 Å².